The van der Waals surface area contributed by atoms with E-state index in [-0.39, 0.29) is 17.6 Å². The van der Waals surface area contributed by atoms with E-state index in [2.05, 4.69) is 20.0 Å². The Morgan fingerprint density at radius 2 is 1.85 bits per heavy atom. The number of rotatable bonds is 3. The van der Waals surface area contributed by atoms with Crippen molar-refractivity contribution >= 4 is 11.6 Å². The minimum Gasteiger partial charge on any atom is -0.368 e. The smallest absolute Gasteiger partial charge is 0.316 e. The third-order valence-corrected chi connectivity index (χ3v) is 4.29. The summed E-state index contributed by atoms with van der Waals surface area (Å²) in [5.74, 6) is -0.236. The Morgan fingerprint density at radius 3 is 2.54 bits per heavy atom. The largest absolute Gasteiger partial charge is 0.368 e. The van der Waals surface area contributed by atoms with Gasteiger partial charge in [0.2, 0.25) is 5.82 Å². The van der Waals surface area contributed by atoms with Crippen LogP contribution in [0.2, 0.25) is 0 Å². The molecule has 0 spiro atoms. The molecule has 0 aliphatic carbocycles. The van der Waals surface area contributed by atoms with E-state index < -0.39 is 0 Å². The third-order valence-electron chi connectivity index (χ3n) is 4.29. The molecule has 0 saturated carbocycles. The van der Waals surface area contributed by atoms with Crippen molar-refractivity contribution in [3.8, 4) is 11.4 Å². The summed E-state index contributed by atoms with van der Waals surface area (Å²) in [6, 6.07) is 9.92. The average Bonchev–Trinajstić information content (AvgIpc) is 3.19. The molecule has 132 valence electrons. The number of amides is 1. The summed E-state index contributed by atoms with van der Waals surface area (Å²) in [6.45, 7) is 2.36. The molecule has 0 unspecified atom stereocenters. The fourth-order valence-electron chi connectivity index (χ4n) is 2.88. The van der Waals surface area contributed by atoms with E-state index in [1.165, 1.54) is 12.1 Å². The number of carbonyl (C=O) groups is 1. The second-order valence-electron chi connectivity index (χ2n) is 5.92. The molecule has 3 heterocycles. The van der Waals surface area contributed by atoms with Gasteiger partial charge in [-0.1, -0.05) is 5.16 Å². The molecule has 26 heavy (non-hydrogen) atoms. The molecular formula is C18H16FN5O2. The minimum atomic E-state index is -0.286. The second-order valence-corrected chi connectivity index (χ2v) is 5.92. The highest BCUT2D eigenvalue weighted by atomic mass is 19.1. The van der Waals surface area contributed by atoms with E-state index in [0.717, 1.165) is 5.69 Å². The number of hydrogen-bond donors (Lipinski definition) is 0. The van der Waals surface area contributed by atoms with Crippen LogP contribution in [0.15, 0.2) is 53.3 Å². The lowest BCUT2D eigenvalue weighted by Gasteiger charge is -2.35. The first kappa shape index (κ1) is 16.2. The van der Waals surface area contributed by atoms with Gasteiger partial charge in [0, 0.05) is 49.8 Å². The fourth-order valence-corrected chi connectivity index (χ4v) is 2.88. The normalized spacial score (nSPS) is 14.5. The topological polar surface area (TPSA) is 75.4 Å². The van der Waals surface area contributed by atoms with Gasteiger partial charge < -0.3 is 14.3 Å². The molecule has 1 fully saturated rings. The summed E-state index contributed by atoms with van der Waals surface area (Å²) in [5.41, 5.74) is 1.63. The number of pyridine rings is 1. The van der Waals surface area contributed by atoms with Crippen LogP contribution >= 0.6 is 0 Å². The molecule has 8 heteroatoms. The Kier molecular flexibility index (Phi) is 4.30. The van der Waals surface area contributed by atoms with Crippen LogP contribution in [0.5, 0.6) is 0 Å². The fraction of sp³-hybridized carbons (Fsp3) is 0.222. The van der Waals surface area contributed by atoms with Crippen molar-refractivity contribution in [2.75, 3.05) is 31.1 Å². The summed E-state index contributed by atoms with van der Waals surface area (Å²) in [4.78, 5) is 24.5. The van der Waals surface area contributed by atoms with Crippen LogP contribution in [0.3, 0.4) is 0 Å². The summed E-state index contributed by atoms with van der Waals surface area (Å²) in [6.07, 6.45) is 3.26. The van der Waals surface area contributed by atoms with Gasteiger partial charge >= 0.3 is 11.8 Å². The second kappa shape index (κ2) is 6.91. The van der Waals surface area contributed by atoms with Gasteiger partial charge in [-0.3, -0.25) is 9.78 Å². The van der Waals surface area contributed by atoms with Crippen LogP contribution in [0, 0.1) is 5.82 Å². The van der Waals surface area contributed by atoms with E-state index >= 15 is 0 Å². The predicted molar refractivity (Wildman–Crippen MR) is 92.0 cm³/mol. The van der Waals surface area contributed by atoms with Crippen LogP contribution in [0.1, 0.15) is 10.7 Å². The van der Waals surface area contributed by atoms with Crippen LogP contribution < -0.4 is 4.90 Å². The Hall–Kier alpha value is -3.29. The molecule has 4 rings (SSSR count). The minimum absolute atomic E-state index is 0.0286. The van der Waals surface area contributed by atoms with Gasteiger partial charge in [0.05, 0.1) is 0 Å². The maximum absolute atomic E-state index is 13.0. The number of halogens is 1. The van der Waals surface area contributed by atoms with E-state index in [1.54, 1.807) is 41.6 Å². The zero-order valence-corrected chi connectivity index (χ0v) is 13.9. The van der Waals surface area contributed by atoms with Crippen LogP contribution in [-0.2, 0) is 0 Å². The SMILES string of the molecule is O=C(c1nc(-c2cccnc2)no1)N1CCN(c2ccc(F)cc2)CC1. The average molecular weight is 353 g/mol. The summed E-state index contributed by atoms with van der Waals surface area (Å²) >= 11 is 0. The van der Waals surface area contributed by atoms with Crippen molar-refractivity contribution in [3.05, 3.63) is 60.5 Å². The molecule has 2 aromatic heterocycles. The van der Waals surface area contributed by atoms with Crippen LogP contribution in [-0.4, -0.2) is 52.1 Å². The predicted octanol–water partition coefficient (Wildman–Crippen LogP) is 2.23. The summed E-state index contributed by atoms with van der Waals surface area (Å²) in [5, 5.41) is 3.85. The van der Waals surface area contributed by atoms with Crippen molar-refractivity contribution < 1.29 is 13.7 Å². The monoisotopic (exact) mass is 353 g/mol. The Bertz CT molecular complexity index is 889. The lowest BCUT2D eigenvalue weighted by atomic mass is 10.2. The van der Waals surface area contributed by atoms with Crippen molar-refractivity contribution in [2.24, 2.45) is 0 Å². The zero-order valence-electron chi connectivity index (χ0n) is 13.9. The molecule has 0 bridgehead atoms. The Balaban J connectivity index is 1.41. The molecule has 0 atom stereocenters. The maximum atomic E-state index is 13.0. The highest BCUT2D eigenvalue weighted by Gasteiger charge is 2.26. The van der Waals surface area contributed by atoms with E-state index in [0.29, 0.717) is 37.6 Å². The quantitative estimate of drug-likeness (QED) is 0.719. The number of piperazine rings is 1. The standard InChI is InChI=1S/C18H16FN5O2/c19-14-3-5-15(6-4-14)23-8-10-24(11-9-23)18(25)17-21-16(22-26-17)13-2-1-7-20-12-13/h1-7,12H,8-11H2. The van der Waals surface area contributed by atoms with Gasteiger partial charge in [-0.25, -0.2) is 4.39 Å². The molecule has 1 saturated heterocycles. The maximum Gasteiger partial charge on any atom is 0.316 e. The number of hydrogen-bond acceptors (Lipinski definition) is 6. The molecule has 7 nitrogen and oxygen atoms in total. The van der Waals surface area contributed by atoms with Gasteiger partial charge in [0.1, 0.15) is 5.82 Å². The molecule has 1 aliphatic heterocycles. The van der Waals surface area contributed by atoms with Crippen molar-refractivity contribution in [1.82, 2.24) is 20.0 Å². The van der Waals surface area contributed by atoms with Gasteiger partial charge in [-0.2, -0.15) is 4.98 Å². The Labute approximate surface area is 149 Å². The van der Waals surface area contributed by atoms with Gasteiger partial charge in [-0.15, -0.1) is 0 Å². The third kappa shape index (κ3) is 3.26. The number of benzene rings is 1. The number of nitrogens with zero attached hydrogens (tertiary/aromatic N) is 5. The first-order chi connectivity index (χ1) is 12.7. The van der Waals surface area contributed by atoms with Gasteiger partial charge in [0.15, 0.2) is 0 Å². The summed E-state index contributed by atoms with van der Waals surface area (Å²) < 4.78 is 18.2. The van der Waals surface area contributed by atoms with E-state index in [1.807, 2.05) is 0 Å². The molecule has 1 aliphatic rings. The first-order valence-electron chi connectivity index (χ1n) is 8.24. The number of carbonyl (C=O) groups excluding carboxylic acids is 1. The number of anilines is 1. The van der Waals surface area contributed by atoms with Gasteiger partial charge in [-0.05, 0) is 36.4 Å². The molecule has 3 aromatic rings. The summed E-state index contributed by atoms with van der Waals surface area (Å²) in [7, 11) is 0. The van der Waals surface area contributed by atoms with E-state index in [4.69, 9.17) is 4.52 Å². The van der Waals surface area contributed by atoms with Crippen molar-refractivity contribution in [1.29, 1.82) is 0 Å². The molecule has 1 amide bonds. The molecule has 1 aromatic carbocycles. The lowest BCUT2D eigenvalue weighted by Crippen LogP contribution is -2.48. The lowest BCUT2D eigenvalue weighted by molar-refractivity contribution is 0.0696. The Morgan fingerprint density at radius 1 is 1.08 bits per heavy atom. The van der Waals surface area contributed by atoms with E-state index in [9.17, 15) is 9.18 Å². The van der Waals surface area contributed by atoms with Crippen molar-refractivity contribution in [2.45, 2.75) is 0 Å². The van der Waals surface area contributed by atoms with Gasteiger partial charge in [0.25, 0.3) is 0 Å². The highest BCUT2D eigenvalue weighted by Crippen LogP contribution is 2.19. The molecular weight excluding hydrogens is 337 g/mol. The van der Waals surface area contributed by atoms with Crippen LogP contribution in [0.25, 0.3) is 11.4 Å². The molecule has 0 radical (unpaired) electrons. The molecule has 0 N–H and O–H groups in total. The highest BCUT2D eigenvalue weighted by molar-refractivity contribution is 5.90. The first-order valence-corrected chi connectivity index (χ1v) is 8.24. The zero-order chi connectivity index (χ0) is 17.9. The number of aromatic nitrogens is 3. The van der Waals surface area contributed by atoms with Crippen molar-refractivity contribution in [3.63, 3.8) is 0 Å². The van der Waals surface area contributed by atoms with Crippen LogP contribution in [0.4, 0.5) is 10.1 Å².